The largest absolute Gasteiger partial charge is 0.340 e. The van der Waals surface area contributed by atoms with Gasteiger partial charge in [0.1, 0.15) is 11.1 Å². The lowest BCUT2D eigenvalue weighted by Gasteiger charge is -2.26. The Labute approximate surface area is 204 Å². The van der Waals surface area contributed by atoms with Gasteiger partial charge in [0, 0.05) is 36.8 Å². The molecule has 0 saturated carbocycles. The number of rotatable bonds is 7. The van der Waals surface area contributed by atoms with Crippen molar-refractivity contribution < 1.29 is 14.0 Å². The Kier molecular flexibility index (Phi) is 8.33. The van der Waals surface area contributed by atoms with Gasteiger partial charge in [0.25, 0.3) is 0 Å². The Hall–Kier alpha value is -3.16. The number of benzene rings is 3. The monoisotopic (exact) mass is 477 g/mol. The highest BCUT2D eigenvalue weighted by molar-refractivity contribution is 8.00. The zero-order chi connectivity index (χ0) is 23.8. The summed E-state index contributed by atoms with van der Waals surface area (Å²) in [5, 5.41) is 2.48. The molecule has 34 heavy (non-hydrogen) atoms. The van der Waals surface area contributed by atoms with Crippen LogP contribution in [-0.4, -0.2) is 54.3 Å². The molecule has 0 bridgehead atoms. The highest BCUT2D eigenvalue weighted by atomic mass is 32.2. The quantitative estimate of drug-likeness (QED) is 0.495. The van der Waals surface area contributed by atoms with Crippen LogP contribution >= 0.6 is 11.8 Å². The van der Waals surface area contributed by atoms with Crippen molar-refractivity contribution in [3.8, 4) is 0 Å². The first-order valence-corrected chi connectivity index (χ1v) is 12.3. The molecule has 3 aromatic rings. The van der Waals surface area contributed by atoms with Gasteiger partial charge in [-0.15, -0.1) is 11.8 Å². The Morgan fingerprint density at radius 2 is 1.53 bits per heavy atom. The van der Waals surface area contributed by atoms with Crippen molar-refractivity contribution in [2.75, 3.05) is 38.0 Å². The topological polar surface area (TPSA) is 52.7 Å². The van der Waals surface area contributed by atoms with Crippen LogP contribution in [0.5, 0.6) is 0 Å². The van der Waals surface area contributed by atoms with E-state index in [-0.39, 0.29) is 29.4 Å². The Bertz CT molecular complexity index is 1080. The van der Waals surface area contributed by atoms with E-state index in [1.54, 1.807) is 23.9 Å². The molecule has 5 nitrogen and oxygen atoms in total. The minimum Gasteiger partial charge on any atom is -0.340 e. The first-order valence-electron chi connectivity index (χ1n) is 11.4. The van der Waals surface area contributed by atoms with Crippen LogP contribution in [0, 0.1) is 5.82 Å². The molecule has 1 aliphatic heterocycles. The summed E-state index contributed by atoms with van der Waals surface area (Å²) in [7, 11) is 0. The molecule has 1 fully saturated rings. The van der Waals surface area contributed by atoms with Gasteiger partial charge in [-0.1, -0.05) is 48.5 Å². The summed E-state index contributed by atoms with van der Waals surface area (Å²) in [4.78, 5) is 31.1. The van der Waals surface area contributed by atoms with Crippen LogP contribution in [0.2, 0.25) is 0 Å². The van der Waals surface area contributed by atoms with Gasteiger partial charge in [0.05, 0.1) is 6.54 Å². The number of carbonyl (C=O) groups is 2. The van der Waals surface area contributed by atoms with Crippen molar-refractivity contribution in [3.63, 3.8) is 0 Å². The summed E-state index contributed by atoms with van der Waals surface area (Å²) < 4.78 is 13.1. The van der Waals surface area contributed by atoms with Gasteiger partial charge in [-0.25, -0.2) is 4.39 Å². The third-order valence-corrected chi connectivity index (χ3v) is 6.97. The molecule has 1 N–H and O–H groups in total. The number of carbonyl (C=O) groups excluding carboxylic acids is 2. The van der Waals surface area contributed by atoms with Crippen molar-refractivity contribution in [1.29, 1.82) is 0 Å². The second-order valence-corrected chi connectivity index (χ2v) is 9.41. The summed E-state index contributed by atoms with van der Waals surface area (Å²) in [5.74, 6) is -0.389. The molecular weight excluding hydrogens is 449 g/mol. The second-order valence-electron chi connectivity index (χ2n) is 8.23. The number of hydrogen-bond donors (Lipinski definition) is 1. The summed E-state index contributed by atoms with van der Waals surface area (Å²) in [6.07, 6.45) is 0.799. The fourth-order valence-corrected chi connectivity index (χ4v) is 5.11. The van der Waals surface area contributed by atoms with E-state index in [1.807, 2.05) is 65.6 Å². The molecule has 1 atom stereocenters. The summed E-state index contributed by atoms with van der Waals surface area (Å²) in [5.41, 5.74) is 1.56. The van der Waals surface area contributed by atoms with E-state index in [9.17, 15) is 14.0 Å². The van der Waals surface area contributed by atoms with Crippen molar-refractivity contribution in [1.82, 2.24) is 9.80 Å². The lowest BCUT2D eigenvalue weighted by Crippen LogP contribution is -2.39. The maximum absolute atomic E-state index is 13.6. The zero-order valence-corrected chi connectivity index (χ0v) is 19.7. The third kappa shape index (κ3) is 6.68. The van der Waals surface area contributed by atoms with Gasteiger partial charge in [-0.2, -0.15) is 0 Å². The molecule has 176 valence electrons. The van der Waals surface area contributed by atoms with Crippen molar-refractivity contribution in [2.45, 2.75) is 16.6 Å². The van der Waals surface area contributed by atoms with Crippen molar-refractivity contribution in [2.24, 2.45) is 0 Å². The van der Waals surface area contributed by atoms with Crippen LogP contribution < -0.4 is 5.32 Å². The number of amides is 2. The minimum atomic E-state index is -0.338. The van der Waals surface area contributed by atoms with Gasteiger partial charge in [-0.05, 0) is 48.4 Å². The molecule has 7 heteroatoms. The van der Waals surface area contributed by atoms with E-state index in [0.717, 1.165) is 23.4 Å². The lowest BCUT2D eigenvalue weighted by molar-refractivity contribution is -0.130. The van der Waals surface area contributed by atoms with E-state index in [0.29, 0.717) is 25.3 Å². The van der Waals surface area contributed by atoms with Crippen LogP contribution in [0.3, 0.4) is 0 Å². The predicted molar refractivity (Wildman–Crippen MR) is 134 cm³/mol. The van der Waals surface area contributed by atoms with Crippen molar-refractivity contribution in [3.05, 3.63) is 96.3 Å². The molecular formula is C27H28FN3O2S. The first-order chi connectivity index (χ1) is 16.6. The first kappa shape index (κ1) is 24.0. The molecule has 1 unspecified atom stereocenters. The van der Waals surface area contributed by atoms with Gasteiger partial charge in [0.15, 0.2) is 0 Å². The van der Waals surface area contributed by atoms with Crippen LogP contribution in [0.15, 0.2) is 89.8 Å². The van der Waals surface area contributed by atoms with Crippen LogP contribution in [0.25, 0.3) is 0 Å². The van der Waals surface area contributed by atoms with E-state index >= 15 is 0 Å². The Morgan fingerprint density at radius 1 is 0.853 bits per heavy atom. The molecule has 3 aromatic carbocycles. The van der Waals surface area contributed by atoms with E-state index < -0.39 is 0 Å². The number of thioether (sulfide) groups is 1. The molecule has 4 rings (SSSR count). The Balaban J connectivity index is 1.38. The predicted octanol–water partition coefficient (Wildman–Crippen LogP) is 4.83. The third-order valence-electron chi connectivity index (χ3n) is 5.72. The number of hydrogen-bond acceptors (Lipinski definition) is 4. The molecule has 0 aliphatic carbocycles. The molecule has 0 radical (unpaired) electrons. The highest BCUT2D eigenvalue weighted by Gasteiger charge is 2.28. The van der Waals surface area contributed by atoms with Gasteiger partial charge in [-0.3, -0.25) is 14.5 Å². The number of nitrogens with one attached hydrogen (secondary N) is 1. The summed E-state index contributed by atoms with van der Waals surface area (Å²) in [6, 6.07) is 25.6. The smallest absolute Gasteiger partial charge is 0.240 e. The molecule has 0 aromatic heterocycles. The standard InChI is InChI=1S/C27H28FN3O2S/c28-22-12-14-23(15-13-22)29-25(32)20-30-16-7-17-31(19-18-30)27(33)26(21-8-3-1-4-9-21)34-24-10-5-2-6-11-24/h1-6,8-15,26H,7,16-20H2,(H,29,32). The number of halogens is 1. The molecule has 1 heterocycles. The fourth-order valence-electron chi connectivity index (χ4n) is 3.98. The fraction of sp³-hybridized carbons (Fsp3) is 0.259. The highest BCUT2D eigenvalue weighted by Crippen LogP contribution is 2.36. The van der Waals surface area contributed by atoms with E-state index in [4.69, 9.17) is 0 Å². The van der Waals surface area contributed by atoms with Gasteiger partial charge >= 0.3 is 0 Å². The molecule has 1 saturated heterocycles. The van der Waals surface area contributed by atoms with E-state index in [2.05, 4.69) is 10.2 Å². The average Bonchev–Trinajstić information content (AvgIpc) is 3.10. The minimum absolute atomic E-state index is 0.0951. The van der Waals surface area contributed by atoms with Crippen LogP contribution in [0.1, 0.15) is 17.2 Å². The van der Waals surface area contributed by atoms with Crippen molar-refractivity contribution >= 4 is 29.3 Å². The average molecular weight is 478 g/mol. The van der Waals surface area contributed by atoms with Crippen LogP contribution in [0.4, 0.5) is 10.1 Å². The molecule has 1 aliphatic rings. The lowest BCUT2D eigenvalue weighted by atomic mass is 10.1. The Morgan fingerprint density at radius 3 is 2.24 bits per heavy atom. The zero-order valence-electron chi connectivity index (χ0n) is 18.9. The maximum atomic E-state index is 13.6. The molecule has 2 amide bonds. The van der Waals surface area contributed by atoms with Gasteiger partial charge in [0.2, 0.25) is 11.8 Å². The van der Waals surface area contributed by atoms with E-state index in [1.165, 1.54) is 12.1 Å². The SMILES string of the molecule is O=C(CN1CCCN(C(=O)C(Sc2ccccc2)c2ccccc2)CC1)Nc1ccc(F)cc1. The normalized spacial score (nSPS) is 15.4. The van der Waals surface area contributed by atoms with Crippen LogP contribution in [-0.2, 0) is 9.59 Å². The maximum Gasteiger partial charge on any atom is 0.240 e. The summed E-state index contributed by atoms with van der Waals surface area (Å²) in [6.45, 7) is 2.83. The molecule has 0 spiro atoms. The van der Waals surface area contributed by atoms with Gasteiger partial charge < -0.3 is 10.2 Å². The summed E-state index contributed by atoms with van der Waals surface area (Å²) >= 11 is 1.57. The number of nitrogens with zero attached hydrogens (tertiary/aromatic N) is 2. The second kappa shape index (κ2) is 11.8. The number of anilines is 1.